The van der Waals surface area contributed by atoms with Crippen molar-refractivity contribution in [3.05, 3.63) is 58.6 Å². The first kappa shape index (κ1) is 20.1. The van der Waals surface area contributed by atoms with Crippen LogP contribution < -0.4 is 10.2 Å². The molecule has 0 fully saturated rings. The number of hydrazone groups is 1. The molecule has 0 saturated carbocycles. The third-order valence-electron chi connectivity index (χ3n) is 3.77. The molecule has 144 valence electrons. The maximum atomic E-state index is 12.0. The lowest BCUT2D eigenvalue weighted by molar-refractivity contribution is -0.118. The molecule has 0 saturated heterocycles. The van der Waals surface area contributed by atoms with E-state index in [1.165, 1.54) is 11.8 Å². The van der Waals surface area contributed by atoms with E-state index in [1.807, 2.05) is 60.1 Å². The average molecular weight is 460 g/mol. The maximum Gasteiger partial charge on any atom is 0.250 e. The van der Waals surface area contributed by atoms with Gasteiger partial charge in [0, 0.05) is 17.1 Å². The van der Waals surface area contributed by atoms with Gasteiger partial charge in [0.15, 0.2) is 11.0 Å². The molecule has 0 aliphatic heterocycles. The number of hydrogen-bond donors (Lipinski definition) is 1. The van der Waals surface area contributed by atoms with Gasteiger partial charge in [-0.15, -0.1) is 10.2 Å². The quantitative estimate of drug-likeness (QED) is 0.332. The number of benzene rings is 2. The highest BCUT2D eigenvalue weighted by Crippen LogP contribution is 2.24. The highest BCUT2D eigenvalue weighted by Gasteiger charge is 2.13. The Hall–Kier alpha value is -2.65. The number of aromatic nitrogens is 3. The summed E-state index contributed by atoms with van der Waals surface area (Å²) in [5.74, 6) is 1.47. The van der Waals surface area contributed by atoms with Gasteiger partial charge < -0.3 is 9.30 Å². The second-order valence-corrected chi connectivity index (χ2v) is 7.59. The number of carbonyl (C=O) groups excluding carboxylic acids is 1. The van der Waals surface area contributed by atoms with Crippen LogP contribution in [0, 0.1) is 0 Å². The molecule has 7 nitrogen and oxygen atoms in total. The zero-order valence-corrected chi connectivity index (χ0v) is 17.7. The molecule has 0 bridgehead atoms. The summed E-state index contributed by atoms with van der Waals surface area (Å²) >= 11 is 4.75. The van der Waals surface area contributed by atoms with Crippen molar-refractivity contribution >= 4 is 39.8 Å². The Morgan fingerprint density at radius 3 is 2.79 bits per heavy atom. The van der Waals surface area contributed by atoms with Gasteiger partial charge in [-0.3, -0.25) is 4.79 Å². The summed E-state index contributed by atoms with van der Waals surface area (Å²) in [6.07, 6.45) is 1.58. The zero-order chi connectivity index (χ0) is 19.9. The van der Waals surface area contributed by atoms with Crippen LogP contribution in [-0.4, -0.2) is 39.7 Å². The first-order chi connectivity index (χ1) is 13.6. The van der Waals surface area contributed by atoms with Crippen molar-refractivity contribution < 1.29 is 9.53 Å². The first-order valence-electron chi connectivity index (χ1n) is 8.31. The SMILES string of the molecule is COc1ccc(C=NNC(=O)CSc2nnc(-c3cccc(Br)c3)n2C)cc1. The summed E-state index contributed by atoms with van der Waals surface area (Å²) in [5.41, 5.74) is 4.32. The molecule has 0 aliphatic rings. The van der Waals surface area contributed by atoms with E-state index in [2.05, 4.69) is 36.7 Å². The molecule has 0 aliphatic carbocycles. The molecule has 1 amide bonds. The zero-order valence-electron chi connectivity index (χ0n) is 15.3. The van der Waals surface area contributed by atoms with Gasteiger partial charge in [-0.2, -0.15) is 5.10 Å². The molecule has 1 N–H and O–H groups in total. The largest absolute Gasteiger partial charge is 0.497 e. The smallest absolute Gasteiger partial charge is 0.250 e. The number of hydrogen-bond acceptors (Lipinski definition) is 6. The van der Waals surface area contributed by atoms with Gasteiger partial charge in [-0.05, 0) is 42.0 Å². The minimum absolute atomic E-state index is 0.185. The van der Waals surface area contributed by atoms with Gasteiger partial charge in [0.05, 0.1) is 19.1 Å². The van der Waals surface area contributed by atoms with E-state index in [-0.39, 0.29) is 11.7 Å². The molecular weight excluding hydrogens is 442 g/mol. The van der Waals surface area contributed by atoms with Crippen molar-refractivity contribution in [1.82, 2.24) is 20.2 Å². The number of nitrogens with zero attached hydrogens (tertiary/aromatic N) is 4. The summed E-state index contributed by atoms with van der Waals surface area (Å²) in [7, 11) is 3.48. The number of amides is 1. The van der Waals surface area contributed by atoms with Crippen molar-refractivity contribution in [1.29, 1.82) is 0 Å². The maximum absolute atomic E-state index is 12.0. The Bertz CT molecular complexity index is 988. The second-order valence-electron chi connectivity index (χ2n) is 5.73. The number of rotatable bonds is 7. The third kappa shape index (κ3) is 5.20. The second kappa shape index (κ2) is 9.52. The predicted molar refractivity (Wildman–Crippen MR) is 114 cm³/mol. The summed E-state index contributed by atoms with van der Waals surface area (Å²) < 4.78 is 7.93. The van der Waals surface area contributed by atoms with Gasteiger partial charge in [-0.25, -0.2) is 5.43 Å². The van der Waals surface area contributed by atoms with Gasteiger partial charge in [0.1, 0.15) is 5.75 Å². The summed E-state index contributed by atoms with van der Waals surface area (Å²) in [5, 5.41) is 13.0. The highest BCUT2D eigenvalue weighted by atomic mass is 79.9. The molecule has 3 aromatic rings. The topological polar surface area (TPSA) is 81.4 Å². The third-order valence-corrected chi connectivity index (χ3v) is 5.28. The molecule has 28 heavy (non-hydrogen) atoms. The molecule has 0 atom stereocenters. The summed E-state index contributed by atoms with van der Waals surface area (Å²) in [4.78, 5) is 12.0. The van der Waals surface area contributed by atoms with Crippen molar-refractivity contribution in [2.45, 2.75) is 5.16 Å². The monoisotopic (exact) mass is 459 g/mol. The number of ether oxygens (including phenoxy) is 1. The standard InChI is InChI=1S/C19H18BrN5O2S/c1-25-18(14-4-3-5-15(20)10-14)23-24-19(25)28-12-17(26)22-21-11-13-6-8-16(27-2)9-7-13/h3-11H,12H2,1-2H3,(H,22,26). The van der Waals surface area contributed by atoms with Crippen LogP contribution in [0.5, 0.6) is 5.75 Å². The summed E-state index contributed by atoms with van der Waals surface area (Å²) in [6, 6.07) is 15.2. The minimum Gasteiger partial charge on any atom is -0.497 e. The van der Waals surface area contributed by atoms with Crippen LogP contribution in [0.3, 0.4) is 0 Å². The van der Waals surface area contributed by atoms with Gasteiger partial charge in [0.2, 0.25) is 0 Å². The van der Waals surface area contributed by atoms with Crippen molar-refractivity contribution in [3.63, 3.8) is 0 Å². The number of halogens is 1. The molecule has 0 unspecified atom stereocenters. The Morgan fingerprint density at radius 2 is 2.07 bits per heavy atom. The normalized spacial score (nSPS) is 11.0. The van der Waals surface area contributed by atoms with Crippen molar-refractivity contribution in [2.24, 2.45) is 12.1 Å². The molecule has 2 aromatic carbocycles. The number of carbonyl (C=O) groups is 1. The van der Waals surface area contributed by atoms with E-state index in [1.54, 1.807) is 13.3 Å². The fourth-order valence-corrected chi connectivity index (χ4v) is 3.45. The lowest BCUT2D eigenvalue weighted by Gasteiger charge is -2.04. The molecule has 0 radical (unpaired) electrons. The van der Waals surface area contributed by atoms with Crippen molar-refractivity contribution in [3.8, 4) is 17.1 Å². The molecule has 1 heterocycles. The molecule has 3 rings (SSSR count). The average Bonchev–Trinajstić information content (AvgIpc) is 3.07. The van der Waals surface area contributed by atoms with Gasteiger partial charge in [-0.1, -0.05) is 39.8 Å². The Labute approximate surface area is 175 Å². The summed E-state index contributed by atoms with van der Waals surface area (Å²) in [6.45, 7) is 0. The lowest BCUT2D eigenvalue weighted by Crippen LogP contribution is -2.19. The van der Waals surface area contributed by atoms with Crippen LogP contribution in [0.15, 0.2) is 63.3 Å². The number of nitrogens with one attached hydrogen (secondary N) is 1. The van der Waals surface area contributed by atoms with Gasteiger partial charge >= 0.3 is 0 Å². The molecule has 1 aromatic heterocycles. The van der Waals surface area contributed by atoms with Crippen molar-refractivity contribution in [2.75, 3.05) is 12.9 Å². The molecule has 0 spiro atoms. The van der Waals surface area contributed by atoms with Crippen LogP contribution in [0.2, 0.25) is 0 Å². The van der Waals surface area contributed by atoms with E-state index in [0.717, 1.165) is 27.2 Å². The van der Waals surface area contributed by atoms with E-state index >= 15 is 0 Å². The molecular formula is C19H18BrN5O2S. The van der Waals surface area contributed by atoms with Crippen LogP contribution in [-0.2, 0) is 11.8 Å². The van der Waals surface area contributed by atoms with Crippen LogP contribution in [0.25, 0.3) is 11.4 Å². The van der Waals surface area contributed by atoms with Crippen LogP contribution >= 0.6 is 27.7 Å². The van der Waals surface area contributed by atoms with Crippen LogP contribution in [0.4, 0.5) is 0 Å². The Balaban J connectivity index is 1.54. The fraction of sp³-hybridized carbons (Fsp3) is 0.158. The first-order valence-corrected chi connectivity index (χ1v) is 10.1. The molecule has 9 heteroatoms. The Morgan fingerprint density at radius 1 is 1.29 bits per heavy atom. The fourth-order valence-electron chi connectivity index (χ4n) is 2.35. The van der Waals surface area contributed by atoms with Crippen LogP contribution in [0.1, 0.15) is 5.56 Å². The van der Waals surface area contributed by atoms with E-state index in [9.17, 15) is 4.79 Å². The van der Waals surface area contributed by atoms with E-state index in [4.69, 9.17) is 4.74 Å². The highest BCUT2D eigenvalue weighted by molar-refractivity contribution is 9.10. The minimum atomic E-state index is -0.221. The van der Waals surface area contributed by atoms with Gasteiger partial charge in [0.25, 0.3) is 5.91 Å². The number of thioether (sulfide) groups is 1. The Kier molecular flexibility index (Phi) is 6.83. The number of methoxy groups -OCH3 is 1. The van der Waals surface area contributed by atoms with E-state index in [0.29, 0.717) is 5.16 Å². The predicted octanol–water partition coefficient (Wildman–Crippen LogP) is 3.50. The lowest BCUT2D eigenvalue weighted by atomic mass is 10.2. The van der Waals surface area contributed by atoms with E-state index < -0.39 is 0 Å².